The summed E-state index contributed by atoms with van der Waals surface area (Å²) >= 11 is 0. The molecule has 0 radical (unpaired) electrons. The van der Waals surface area contributed by atoms with Crippen molar-refractivity contribution in [3.63, 3.8) is 0 Å². The first-order chi connectivity index (χ1) is 11.2. The van der Waals surface area contributed by atoms with Gasteiger partial charge in [-0.25, -0.2) is 4.79 Å². The van der Waals surface area contributed by atoms with E-state index < -0.39 is 6.09 Å². The van der Waals surface area contributed by atoms with Crippen LogP contribution in [0.2, 0.25) is 0 Å². The van der Waals surface area contributed by atoms with Crippen LogP contribution in [0.25, 0.3) is 0 Å². The van der Waals surface area contributed by atoms with Gasteiger partial charge in [0.25, 0.3) is 0 Å². The molecule has 2 aliphatic rings. The van der Waals surface area contributed by atoms with Crippen molar-refractivity contribution in [1.29, 1.82) is 0 Å². The molecule has 0 spiro atoms. The predicted molar refractivity (Wildman–Crippen MR) is 88.4 cm³/mol. The first-order valence-electron chi connectivity index (χ1n) is 8.61. The number of likely N-dealkylation sites (tertiary alicyclic amines) is 1. The monoisotopic (exact) mass is 318 g/mol. The van der Waals surface area contributed by atoms with Crippen molar-refractivity contribution in [3.8, 4) is 0 Å². The van der Waals surface area contributed by atoms with E-state index in [0.717, 1.165) is 32.4 Å². The van der Waals surface area contributed by atoms with Gasteiger partial charge < -0.3 is 15.2 Å². The zero-order chi connectivity index (χ0) is 16.1. The van der Waals surface area contributed by atoms with E-state index >= 15 is 0 Å². The number of ether oxygens (including phenoxy) is 1. The Morgan fingerprint density at radius 3 is 2.78 bits per heavy atom. The third-order valence-electron chi connectivity index (χ3n) is 4.99. The third-order valence-corrected chi connectivity index (χ3v) is 4.99. The molecule has 5 nitrogen and oxygen atoms in total. The molecule has 1 heterocycles. The smallest absolute Gasteiger partial charge is 0.404 e. The second-order valence-electron chi connectivity index (χ2n) is 6.62. The molecule has 0 bridgehead atoms. The summed E-state index contributed by atoms with van der Waals surface area (Å²) in [6, 6.07) is 10.8. The SMILES string of the molecule is O=C(O)NC1CCN(C2CCCCC2OCc2ccccc2)C1. The number of carbonyl (C=O) groups is 1. The fraction of sp³-hybridized carbons (Fsp3) is 0.611. The van der Waals surface area contributed by atoms with E-state index in [4.69, 9.17) is 9.84 Å². The first kappa shape index (κ1) is 16.3. The highest BCUT2D eigenvalue weighted by atomic mass is 16.5. The molecule has 23 heavy (non-hydrogen) atoms. The molecule has 1 aliphatic heterocycles. The number of nitrogens with zero attached hydrogens (tertiary/aromatic N) is 1. The molecule has 1 amide bonds. The van der Waals surface area contributed by atoms with E-state index in [1.807, 2.05) is 18.2 Å². The third kappa shape index (κ3) is 4.45. The highest BCUT2D eigenvalue weighted by Gasteiger charge is 2.35. The van der Waals surface area contributed by atoms with Crippen molar-refractivity contribution < 1.29 is 14.6 Å². The van der Waals surface area contributed by atoms with Crippen molar-refractivity contribution in [3.05, 3.63) is 35.9 Å². The van der Waals surface area contributed by atoms with Crippen LogP contribution in [-0.2, 0) is 11.3 Å². The predicted octanol–water partition coefficient (Wildman–Crippen LogP) is 2.86. The standard InChI is InChI=1S/C18H26N2O3/c21-18(22)19-15-10-11-20(12-15)16-8-4-5-9-17(16)23-13-14-6-2-1-3-7-14/h1-3,6-7,15-17,19H,4-5,8-13H2,(H,21,22). The Bertz CT molecular complexity index is 508. The summed E-state index contributed by atoms with van der Waals surface area (Å²) in [5, 5.41) is 11.5. The number of benzene rings is 1. The van der Waals surface area contributed by atoms with Crippen LogP contribution < -0.4 is 5.32 Å². The zero-order valence-electron chi connectivity index (χ0n) is 13.5. The molecule has 5 heteroatoms. The maximum absolute atomic E-state index is 10.8. The van der Waals surface area contributed by atoms with Crippen molar-refractivity contribution >= 4 is 6.09 Å². The molecular formula is C18H26N2O3. The summed E-state index contributed by atoms with van der Waals surface area (Å²) in [6.07, 6.45) is 4.95. The summed E-state index contributed by atoms with van der Waals surface area (Å²) < 4.78 is 6.23. The molecule has 3 atom stereocenters. The summed E-state index contributed by atoms with van der Waals surface area (Å²) in [6.45, 7) is 2.43. The van der Waals surface area contributed by atoms with Crippen LogP contribution >= 0.6 is 0 Å². The van der Waals surface area contributed by atoms with Crippen molar-refractivity contribution in [1.82, 2.24) is 10.2 Å². The van der Waals surface area contributed by atoms with Crippen LogP contribution in [-0.4, -0.2) is 47.4 Å². The molecule has 126 valence electrons. The molecule has 0 aromatic heterocycles. The molecule has 2 N–H and O–H groups in total. The van der Waals surface area contributed by atoms with Crippen LogP contribution in [0.4, 0.5) is 4.79 Å². The van der Waals surface area contributed by atoms with Crippen LogP contribution in [0.3, 0.4) is 0 Å². The van der Waals surface area contributed by atoms with Gasteiger partial charge in [0, 0.05) is 25.2 Å². The number of hydrogen-bond donors (Lipinski definition) is 2. The minimum Gasteiger partial charge on any atom is -0.465 e. The van der Waals surface area contributed by atoms with Crippen LogP contribution in [0.15, 0.2) is 30.3 Å². The highest BCUT2D eigenvalue weighted by molar-refractivity contribution is 5.64. The molecule has 1 aromatic rings. The summed E-state index contributed by atoms with van der Waals surface area (Å²) in [4.78, 5) is 13.2. The number of carboxylic acid groups (broad SMARTS) is 1. The summed E-state index contributed by atoms with van der Waals surface area (Å²) in [7, 11) is 0. The maximum atomic E-state index is 10.8. The van der Waals surface area contributed by atoms with Crippen molar-refractivity contribution in [2.75, 3.05) is 13.1 Å². The molecule has 1 aliphatic carbocycles. The van der Waals surface area contributed by atoms with Crippen LogP contribution in [0, 0.1) is 0 Å². The van der Waals surface area contributed by atoms with Crippen LogP contribution in [0.1, 0.15) is 37.7 Å². The molecule has 3 rings (SSSR count). The second-order valence-corrected chi connectivity index (χ2v) is 6.62. The lowest BCUT2D eigenvalue weighted by molar-refractivity contribution is -0.0394. The van der Waals surface area contributed by atoms with E-state index in [1.54, 1.807) is 0 Å². The molecule has 1 saturated carbocycles. The number of amides is 1. The van der Waals surface area contributed by atoms with E-state index in [0.29, 0.717) is 12.6 Å². The average molecular weight is 318 g/mol. The quantitative estimate of drug-likeness (QED) is 0.876. The lowest BCUT2D eigenvalue weighted by Gasteiger charge is -2.38. The number of nitrogens with one attached hydrogen (secondary N) is 1. The van der Waals surface area contributed by atoms with E-state index in [1.165, 1.54) is 18.4 Å². The fourth-order valence-corrected chi connectivity index (χ4v) is 3.85. The van der Waals surface area contributed by atoms with Crippen molar-refractivity contribution in [2.45, 2.75) is 56.9 Å². The van der Waals surface area contributed by atoms with Gasteiger partial charge in [0.2, 0.25) is 0 Å². The number of rotatable bonds is 5. The molecule has 1 saturated heterocycles. The molecule has 1 aromatic carbocycles. The Morgan fingerprint density at radius 1 is 1.22 bits per heavy atom. The summed E-state index contributed by atoms with van der Waals surface area (Å²) in [5.74, 6) is 0. The Balaban J connectivity index is 1.55. The Hall–Kier alpha value is -1.59. The molecular weight excluding hydrogens is 292 g/mol. The topological polar surface area (TPSA) is 61.8 Å². The Labute approximate surface area is 137 Å². The lowest BCUT2D eigenvalue weighted by Crippen LogP contribution is -2.47. The number of hydrogen-bond acceptors (Lipinski definition) is 3. The van der Waals surface area contributed by atoms with Gasteiger partial charge >= 0.3 is 6.09 Å². The van der Waals surface area contributed by atoms with Gasteiger partial charge in [-0.15, -0.1) is 0 Å². The normalized spacial score (nSPS) is 28.6. The largest absolute Gasteiger partial charge is 0.465 e. The second kappa shape index (κ2) is 7.79. The minimum atomic E-state index is -0.919. The first-order valence-corrected chi connectivity index (χ1v) is 8.61. The Kier molecular flexibility index (Phi) is 5.51. The van der Waals surface area contributed by atoms with E-state index in [9.17, 15) is 4.79 Å². The van der Waals surface area contributed by atoms with Gasteiger partial charge in [0.15, 0.2) is 0 Å². The zero-order valence-corrected chi connectivity index (χ0v) is 13.5. The Morgan fingerprint density at radius 2 is 2.00 bits per heavy atom. The lowest BCUT2D eigenvalue weighted by atomic mass is 9.91. The molecule has 2 fully saturated rings. The summed E-state index contributed by atoms with van der Waals surface area (Å²) in [5.41, 5.74) is 1.21. The van der Waals surface area contributed by atoms with Crippen molar-refractivity contribution in [2.24, 2.45) is 0 Å². The van der Waals surface area contributed by atoms with Gasteiger partial charge in [0.05, 0.1) is 12.7 Å². The van der Waals surface area contributed by atoms with Gasteiger partial charge in [-0.2, -0.15) is 0 Å². The highest BCUT2D eigenvalue weighted by Crippen LogP contribution is 2.29. The van der Waals surface area contributed by atoms with E-state index in [-0.39, 0.29) is 12.1 Å². The van der Waals surface area contributed by atoms with Gasteiger partial charge in [0.1, 0.15) is 0 Å². The molecule has 3 unspecified atom stereocenters. The fourth-order valence-electron chi connectivity index (χ4n) is 3.85. The van der Waals surface area contributed by atoms with Gasteiger partial charge in [-0.05, 0) is 24.8 Å². The van der Waals surface area contributed by atoms with Crippen LogP contribution in [0.5, 0.6) is 0 Å². The van der Waals surface area contributed by atoms with Gasteiger partial charge in [-0.1, -0.05) is 43.2 Å². The van der Waals surface area contributed by atoms with E-state index in [2.05, 4.69) is 22.3 Å². The maximum Gasteiger partial charge on any atom is 0.404 e. The van der Waals surface area contributed by atoms with Gasteiger partial charge in [-0.3, -0.25) is 4.90 Å². The average Bonchev–Trinajstić information content (AvgIpc) is 3.02. The minimum absolute atomic E-state index is 0.0594.